The van der Waals surface area contributed by atoms with E-state index in [9.17, 15) is 23.6 Å². The van der Waals surface area contributed by atoms with Gasteiger partial charge in [0.1, 0.15) is 23.5 Å². The van der Waals surface area contributed by atoms with Crippen LogP contribution in [0.1, 0.15) is 52.0 Å². The number of ether oxygens (including phenoxy) is 1. The summed E-state index contributed by atoms with van der Waals surface area (Å²) in [6.45, 7) is 1.43. The average Bonchev–Trinajstić information content (AvgIpc) is 3.47. The zero-order valence-electron chi connectivity index (χ0n) is 21.9. The minimum atomic E-state index is -0.753. The highest BCUT2D eigenvalue weighted by Crippen LogP contribution is 2.35. The highest BCUT2D eigenvalue weighted by molar-refractivity contribution is 5.99. The maximum Gasteiger partial charge on any atom is 0.415 e. The Balaban J connectivity index is 1.42. The molecule has 0 spiro atoms. The van der Waals surface area contributed by atoms with E-state index in [4.69, 9.17) is 4.74 Å². The maximum absolute atomic E-state index is 14.9. The Labute approximate surface area is 231 Å². The summed E-state index contributed by atoms with van der Waals surface area (Å²) in [4.78, 5) is 32.7. The van der Waals surface area contributed by atoms with Crippen LogP contribution in [0, 0.1) is 28.9 Å². The monoisotopic (exact) mass is 545 g/mol. The van der Waals surface area contributed by atoms with Gasteiger partial charge in [0.05, 0.1) is 23.3 Å². The molecule has 0 bridgehead atoms. The highest BCUT2D eigenvalue weighted by Gasteiger charge is 2.38. The first-order chi connectivity index (χ1) is 19.4. The molecule has 4 atom stereocenters. The molecule has 1 amide bonds. The molecule has 40 heavy (non-hydrogen) atoms. The summed E-state index contributed by atoms with van der Waals surface area (Å²) in [5, 5.41) is 16.2. The van der Waals surface area contributed by atoms with E-state index in [1.807, 2.05) is 24.3 Å². The van der Waals surface area contributed by atoms with Crippen molar-refractivity contribution < 1.29 is 23.1 Å². The van der Waals surface area contributed by atoms with Crippen molar-refractivity contribution in [3.05, 3.63) is 94.8 Å². The number of halogens is 2. The third-order valence-corrected chi connectivity index (χ3v) is 7.73. The molecule has 8 nitrogen and oxygen atoms in total. The number of piperidine rings is 1. The summed E-state index contributed by atoms with van der Waals surface area (Å²) in [5.74, 6) is -1.97. The minimum Gasteiger partial charge on any atom is -0.410 e. The van der Waals surface area contributed by atoms with E-state index < -0.39 is 29.7 Å². The van der Waals surface area contributed by atoms with Gasteiger partial charge in [-0.1, -0.05) is 6.07 Å². The summed E-state index contributed by atoms with van der Waals surface area (Å²) in [5.41, 5.74) is 1.42. The first kappa shape index (κ1) is 27.4. The zero-order valence-corrected chi connectivity index (χ0v) is 21.9. The minimum absolute atomic E-state index is 0.108. The van der Waals surface area contributed by atoms with Crippen LogP contribution in [-0.4, -0.2) is 54.5 Å². The summed E-state index contributed by atoms with van der Waals surface area (Å²) in [7, 11) is 1.58. The number of carbonyl (C=O) groups is 2. The number of hydrogen-bond donors (Lipinski definition) is 2. The fraction of sp³-hybridized carbons (Fsp3) is 0.333. The van der Waals surface area contributed by atoms with Crippen LogP contribution < -0.4 is 15.4 Å². The number of Topliss-reactive ketones (excluding diaryl/α,β-unsaturated/α-hetero) is 1. The van der Waals surface area contributed by atoms with Gasteiger partial charge in [-0.05, 0) is 73.5 Å². The van der Waals surface area contributed by atoms with E-state index >= 15 is 0 Å². The van der Waals surface area contributed by atoms with Crippen LogP contribution in [0.5, 0.6) is 5.75 Å². The number of pyridine rings is 1. The van der Waals surface area contributed by atoms with Gasteiger partial charge in [-0.15, -0.1) is 0 Å². The molecule has 2 aliphatic heterocycles. The predicted octanol–water partition coefficient (Wildman–Crippen LogP) is 4.34. The molecule has 206 valence electrons. The Bertz CT molecular complexity index is 1430. The molecule has 5 rings (SSSR count). The molecule has 2 aliphatic rings. The average molecular weight is 546 g/mol. The molecule has 10 heteroatoms. The van der Waals surface area contributed by atoms with Crippen molar-refractivity contribution in [3.63, 3.8) is 0 Å². The maximum atomic E-state index is 14.9. The number of nitrogens with zero attached hydrogens (tertiary/aromatic N) is 3. The van der Waals surface area contributed by atoms with Gasteiger partial charge in [0.2, 0.25) is 0 Å². The smallest absolute Gasteiger partial charge is 0.410 e. The number of aromatic nitrogens is 1. The number of ketones is 1. The van der Waals surface area contributed by atoms with E-state index in [0.717, 1.165) is 5.69 Å². The quantitative estimate of drug-likeness (QED) is 0.444. The number of carbonyl (C=O) groups excluding carboxylic acids is 2. The van der Waals surface area contributed by atoms with Crippen LogP contribution in [-0.2, 0) is 0 Å². The molecule has 3 aromatic rings. The second-order valence-corrected chi connectivity index (χ2v) is 10.1. The first-order valence-electron chi connectivity index (χ1n) is 13.2. The van der Waals surface area contributed by atoms with Gasteiger partial charge in [-0.2, -0.15) is 5.26 Å². The standard InChI is InChI=1S/C30H29F2N5O3/c1-37(30(39)40-21-7-5-20(31)6-8-21)28-17-34-16-24(28)22-12-19(15-33)25(32)14-23(22)29(38)18-9-11-36-27(13-18)26-4-2-3-10-35-26/h2-8,10,12,14,18,24,27-28,34,36H,9,11,13,16-17H2,1H3/t18?,24-,27?,28+/m0/s1. The van der Waals surface area contributed by atoms with Crippen LogP contribution in [0.4, 0.5) is 13.6 Å². The van der Waals surface area contributed by atoms with E-state index in [2.05, 4.69) is 15.6 Å². The van der Waals surface area contributed by atoms with Gasteiger partial charge >= 0.3 is 6.09 Å². The molecule has 0 radical (unpaired) electrons. The molecule has 0 aliphatic carbocycles. The van der Waals surface area contributed by atoms with Crippen LogP contribution in [0.25, 0.3) is 0 Å². The lowest BCUT2D eigenvalue weighted by atomic mass is 9.80. The van der Waals surface area contributed by atoms with Crippen LogP contribution in [0.15, 0.2) is 60.8 Å². The number of amides is 1. The molecule has 2 aromatic carbocycles. The van der Waals surface area contributed by atoms with E-state index in [-0.39, 0.29) is 34.6 Å². The Hall–Kier alpha value is -4.20. The fourth-order valence-corrected chi connectivity index (χ4v) is 5.58. The summed E-state index contributed by atoms with van der Waals surface area (Å²) >= 11 is 0. The fourth-order valence-electron chi connectivity index (χ4n) is 5.58. The first-order valence-corrected chi connectivity index (χ1v) is 13.2. The number of nitrogens with one attached hydrogen (secondary N) is 2. The van der Waals surface area contributed by atoms with Crippen LogP contribution in [0.3, 0.4) is 0 Å². The summed E-state index contributed by atoms with van der Waals surface area (Å²) < 4.78 is 33.6. The third kappa shape index (κ3) is 5.71. The Kier molecular flexibility index (Phi) is 8.14. The van der Waals surface area contributed by atoms with Crippen molar-refractivity contribution in [2.24, 2.45) is 5.92 Å². The predicted molar refractivity (Wildman–Crippen MR) is 143 cm³/mol. The van der Waals surface area contributed by atoms with Gasteiger partial charge in [-0.3, -0.25) is 9.78 Å². The van der Waals surface area contributed by atoms with Gasteiger partial charge in [0.25, 0.3) is 0 Å². The van der Waals surface area contributed by atoms with Crippen molar-refractivity contribution in [3.8, 4) is 11.8 Å². The van der Waals surface area contributed by atoms with E-state index in [0.29, 0.717) is 38.0 Å². The normalized spacial score (nSPS) is 22.4. The number of likely N-dealkylation sites (N-methyl/N-ethyl adjacent to an activating group) is 1. The third-order valence-electron chi connectivity index (χ3n) is 7.73. The van der Waals surface area contributed by atoms with Gasteiger partial charge in [0, 0.05) is 43.7 Å². The topological polar surface area (TPSA) is 107 Å². The second kappa shape index (κ2) is 11.9. The van der Waals surface area contributed by atoms with Gasteiger partial charge in [-0.25, -0.2) is 13.6 Å². The molecule has 2 unspecified atom stereocenters. The van der Waals surface area contributed by atoms with Crippen molar-refractivity contribution in [1.29, 1.82) is 5.26 Å². The molecular weight excluding hydrogens is 516 g/mol. The van der Waals surface area contributed by atoms with Gasteiger partial charge in [0.15, 0.2) is 5.78 Å². The van der Waals surface area contributed by atoms with Crippen LogP contribution >= 0.6 is 0 Å². The SMILES string of the molecule is CN(C(=O)Oc1ccc(F)cc1)[C@@H]1CNC[C@H]1c1cc(C#N)c(F)cc1C(=O)C1CCNC(c2ccccn2)C1. The van der Waals surface area contributed by atoms with Crippen molar-refractivity contribution in [2.75, 3.05) is 26.7 Å². The molecule has 0 saturated carbocycles. The lowest BCUT2D eigenvalue weighted by Crippen LogP contribution is -2.43. The molecular formula is C30H29F2N5O3. The molecule has 2 N–H and O–H groups in total. The number of hydrogen-bond acceptors (Lipinski definition) is 7. The Morgan fingerprint density at radius 2 is 1.93 bits per heavy atom. The Morgan fingerprint density at radius 3 is 2.65 bits per heavy atom. The van der Waals surface area contributed by atoms with Crippen molar-refractivity contribution in [1.82, 2.24) is 20.5 Å². The lowest BCUT2D eigenvalue weighted by molar-refractivity contribution is 0.0875. The number of nitriles is 1. The van der Waals surface area contributed by atoms with Crippen molar-refractivity contribution >= 4 is 11.9 Å². The molecule has 2 fully saturated rings. The summed E-state index contributed by atoms with van der Waals surface area (Å²) in [6, 6.07) is 14.7. The number of rotatable bonds is 6. The van der Waals surface area contributed by atoms with E-state index in [1.165, 1.54) is 41.3 Å². The second-order valence-electron chi connectivity index (χ2n) is 10.1. The Morgan fingerprint density at radius 1 is 1.12 bits per heavy atom. The number of benzene rings is 2. The lowest BCUT2D eigenvalue weighted by Gasteiger charge is -2.32. The van der Waals surface area contributed by atoms with E-state index in [1.54, 1.807) is 13.2 Å². The van der Waals surface area contributed by atoms with Crippen LogP contribution in [0.2, 0.25) is 0 Å². The molecule has 3 heterocycles. The highest BCUT2D eigenvalue weighted by atomic mass is 19.1. The summed E-state index contributed by atoms with van der Waals surface area (Å²) in [6.07, 6.45) is 2.14. The zero-order chi connectivity index (χ0) is 28.2. The van der Waals surface area contributed by atoms with Crippen molar-refractivity contribution in [2.45, 2.75) is 30.8 Å². The molecule has 1 aromatic heterocycles. The largest absolute Gasteiger partial charge is 0.415 e. The molecule has 2 saturated heterocycles. The van der Waals surface area contributed by atoms with Gasteiger partial charge < -0.3 is 20.3 Å².